The fourth-order valence-electron chi connectivity index (χ4n) is 13.6. The molecular formula is C79H52N2. The van der Waals surface area contributed by atoms with Crippen molar-refractivity contribution in [3.8, 4) is 78.1 Å². The van der Waals surface area contributed by atoms with Crippen LogP contribution in [0.1, 0.15) is 22.3 Å². The molecule has 0 radical (unpaired) electrons. The maximum atomic E-state index is 2.44. The third kappa shape index (κ3) is 7.42. The number of aromatic nitrogens is 2. The molecule has 0 spiro atoms. The highest BCUT2D eigenvalue weighted by molar-refractivity contribution is 6.13. The van der Waals surface area contributed by atoms with Crippen molar-refractivity contribution in [2.75, 3.05) is 0 Å². The van der Waals surface area contributed by atoms with Gasteiger partial charge < -0.3 is 9.13 Å². The van der Waals surface area contributed by atoms with Crippen LogP contribution in [0.2, 0.25) is 0 Å². The van der Waals surface area contributed by atoms with Crippen LogP contribution >= 0.6 is 0 Å². The molecule has 0 saturated carbocycles. The Balaban J connectivity index is 0.735. The molecule has 2 aromatic heterocycles. The number of rotatable bonds is 9. The zero-order valence-electron chi connectivity index (χ0n) is 44.4. The van der Waals surface area contributed by atoms with Gasteiger partial charge in [0.25, 0.3) is 0 Å². The number of benzene rings is 13. The van der Waals surface area contributed by atoms with Gasteiger partial charge in [-0.25, -0.2) is 0 Å². The average Bonchev–Trinajstić information content (AvgIpc) is 4.40. The van der Waals surface area contributed by atoms with Crippen LogP contribution in [-0.4, -0.2) is 9.13 Å². The van der Waals surface area contributed by atoms with Crippen molar-refractivity contribution in [3.05, 3.63) is 338 Å². The molecular weight excluding hydrogens is 977 g/mol. The largest absolute Gasteiger partial charge is 0.309 e. The molecule has 13 aromatic carbocycles. The van der Waals surface area contributed by atoms with Crippen molar-refractivity contribution < 1.29 is 0 Å². The van der Waals surface area contributed by atoms with E-state index in [4.69, 9.17) is 0 Å². The van der Waals surface area contributed by atoms with Gasteiger partial charge in [-0.15, -0.1) is 0 Å². The molecule has 0 saturated heterocycles. The van der Waals surface area contributed by atoms with Gasteiger partial charge in [-0.1, -0.05) is 249 Å². The van der Waals surface area contributed by atoms with E-state index < -0.39 is 5.41 Å². The van der Waals surface area contributed by atoms with Crippen molar-refractivity contribution >= 4 is 43.6 Å². The smallest absolute Gasteiger partial charge is 0.0713 e. The fraction of sp³-hybridized carbons (Fsp3) is 0.0127. The minimum atomic E-state index is -0.446. The van der Waals surface area contributed by atoms with Crippen LogP contribution in [0.4, 0.5) is 0 Å². The Labute approximate surface area is 471 Å². The van der Waals surface area contributed by atoms with Crippen LogP contribution in [-0.2, 0) is 5.41 Å². The zero-order valence-corrected chi connectivity index (χ0v) is 44.4. The summed E-state index contributed by atoms with van der Waals surface area (Å²) in [5.74, 6) is 0. The van der Waals surface area contributed by atoms with Crippen LogP contribution in [0.3, 0.4) is 0 Å². The lowest BCUT2D eigenvalue weighted by molar-refractivity contribution is 0.769. The van der Waals surface area contributed by atoms with E-state index in [-0.39, 0.29) is 0 Å². The van der Waals surface area contributed by atoms with Crippen molar-refractivity contribution in [3.63, 3.8) is 0 Å². The van der Waals surface area contributed by atoms with Crippen molar-refractivity contribution in [2.24, 2.45) is 0 Å². The Morgan fingerprint density at radius 3 is 1.22 bits per heavy atom. The Bertz CT molecular complexity index is 4860. The third-order valence-corrected chi connectivity index (χ3v) is 17.2. The topological polar surface area (TPSA) is 9.86 Å². The van der Waals surface area contributed by atoms with Gasteiger partial charge in [-0.3, -0.25) is 0 Å². The molecule has 15 aromatic rings. The molecule has 378 valence electrons. The van der Waals surface area contributed by atoms with Crippen molar-refractivity contribution in [1.82, 2.24) is 9.13 Å². The van der Waals surface area contributed by atoms with E-state index in [1.54, 1.807) is 0 Å². The first-order valence-corrected chi connectivity index (χ1v) is 28.1. The Morgan fingerprint density at radius 1 is 0.198 bits per heavy atom. The maximum Gasteiger partial charge on any atom is 0.0713 e. The molecule has 0 fully saturated rings. The van der Waals surface area contributed by atoms with E-state index in [1.807, 2.05) is 0 Å². The lowest BCUT2D eigenvalue weighted by Crippen LogP contribution is -2.28. The predicted octanol–water partition coefficient (Wildman–Crippen LogP) is 20.6. The van der Waals surface area contributed by atoms with Gasteiger partial charge >= 0.3 is 0 Å². The van der Waals surface area contributed by atoms with E-state index in [0.717, 1.165) is 11.4 Å². The number of hydrogen-bond donors (Lipinski definition) is 0. The summed E-state index contributed by atoms with van der Waals surface area (Å²) >= 11 is 0. The molecule has 81 heavy (non-hydrogen) atoms. The average molecular weight is 1030 g/mol. The second-order valence-electron chi connectivity index (χ2n) is 21.5. The lowest BCUT2D eigenvalue weighted by atomic mass is 9.67. The van der Waals surface area contributed by atoms with E-state index in [0.29, 0.717) is 0 Å². The molecule has 16 rings (SSSR count). The summed E-state index contributed by atoms with van der Waals surface area (Å²) in [5.41, 5.74) is 26.3. The summed E-state index contributed by atoms with van der Waals surface area (Å²) in [6.07, 6.45) is 0. The number of para-hydroxylation sites is 2. The monoisotopic (exact) mass is 1030 g/mol. The third-order valence-electron chi connectivity index (χ3n) is 17.2. The van der Waals surface area contributed by atoms with Gasteiger partial charge in [0.15, 0.2) is 0 Å². The normalized spacial score (nSPS) is 12.5. The molecule has 0 bridgehead atoms. The van der Waals surface area contributed by atoms with Gasteiger partial charge in [0, 0.05) is 32.9 Å². The molecule has 0 atom stereocenters. The quantitative estimate of drug-likeness (QED) is 0.136. The molecule has 0 aliphatic heterocycles. The Hall–Kier alpha value is -10.5. The van der Waals surface area contributed by atoms with Gasteiger partial charge in [-0.2, -0.15) is 0 Å². The van der Waals surface area contributed by atoms with Crippen molar-refractivity contribution in [2.45, 2.75) is 5.41 Å². The predicted molar refractivity (Wildman–Crippen MR) is 340 cm³/mol. The summed E-state index contributed by atoms with van der Waals surface area (Å²) in [6, 6.07) is 116. The van der Waals surface area contributed by atoms with E-state index in [9.17, 15) is 0 Å². The molecule has 0 amide bonds. The summed E-state index contributed by atoms with van der Waals surface area (Å²) in [6.45, 7) is 0. The van der Waals surface area contributed by atoms with E-state index in [1.165, 1.54) is 133 Å². The molecule has 1 aliphatic carbocycles. The molecule has 2 nitrogen and oxygen atoms in total. The first-order valence-electron chi connectivity index (χ1n) is 28.1. The molecule has 1 aliphatic rings. The van der Waals surface area contributed by atoms with E-state index in [2.05, 4.69) is 325 Å². The van der Waals surface area contributed by atoms with Crippen LogP contribution < -0.4 is 0 Å². The highest BCUT2D eigenvalue weighted by atomic mass is 15.0. The fourth-order valence-corrected chi connectivity index (χ4v) is 13.6. The van der Waals surface area contributed by atoms with Crippen LogP contribution in [0.25, 0.3) is 122 Å². The second-order valence-corrected chi connectivity index (χ2v) is 21.5. The number of nitrogens with zero attached hydrogens (tertiary/aromatic N) is 2. The van der Waals surface area contributed by atoms with Gasteiger partial charge in [0.05, 0.1) is 27.5 Å². The zero-order chi connectivity index (χ0) is 53.4. The first kappa shape index (κ1) is 46.5. The van der Waals surface area contributed by atoms with Gasteiger partial charge in [0.1, 0.15) is 0 Å². The molecule has 0 unspecified atom stereocenters. The Morgan fingerprint density at radius 2 is 0.593 bits per heavy atom. The van der Waals surface area contributed by atoms with Gasteiger partial charge in [0.2, 0.25) is 0 Å². The summed E-state index contributed by atoms with van der Waals surface area (Å²) in [4.78, 5) is 0. The minimum absolute atomic E-state index is 0.446. The highest BCUT2D eigenvalue weighted by Gasteiger charge is 2.46. The second kappa shape index (κ2) is 18.8. The highest BCUT2D eigenvalue weighted by Crippen LogP contribution is 2.56. The van der Waals surface area contributed by atoms with Crippen LogP contribution in [0, 0.1) is 0 Å². The SMILES string of the molecule is c1ccc(-c2ccc(-n3c4ccccc4c4cc(-c5ccc6c(c5)c5ccccc5n6-c5cccc(-c6ccccc6-c6ccc(-c7cccc(C8(c9ccccc9)c9ccccc9-c9ccccc98)c7)cc6)c5)ccc43)cc2)cc1. The minimum Gasteiger partial charge on any atom is -0.309 e. The number of hydrogen-bond acceptors (Lipinski definition) is 0. The maximum absolute atomic E-state index is 2.44. The summed E-state index contributed by atoms with van der Waals surface area (Å²) in [7, 11) is 0. The summed E-state index contributed by atoms with van der Waals surface area (Å²) < 4.78 is 4.84. The van der Waals surface area contributed by atoms with E-state index >= 15 is 0 Å². The molecule has 0 N–H and O–H groups in total. The first-order chi connectivity index (χ1) is 40.2. The standard InChI is InChI=1S/C79H52N2/c1-3-19-53(20-4-1)54-41-45-63(46-42-54)80-75-35-15-11-31-69(75)71-51-58(43-47-77(71)80)59-44-48-78-72(52-59)70-32-12-16-36-76(70)81(78)64-26-18-22-60(50-64)66-28-8-7-27-65(66)56-39-37-55(38-40-56)57-21-17-25-62(49-57)79(61-23-5-2-6-24-61)73-33-13-9-29-67(73)68-30-10-14-34-74(68)79/h1-52H. The van der Waals surface area contributed by atoms with Crippen LogP contribution in [0.15, 0.2) is 315 Å². The van der Waals surface area contributed by atoms with Crippen molar-refractivity contribution in [1.29, 1.82) is 0 Å². The molecule has 2 heteroatoms. The Kier molecular flexibility index (Phi) is 10.8. The molecule has 2 heterocycles. The number of fused-ring (bicyclic) bond motifs is 9. The van der Waals surface area contributed by atoms with Gasteiger partial charge in [-0.05, 0) is 156 Å². The summed E-state index contributed by atoms with van der Waals surface area (Å²) in [5, 5.41) is 4.95. The van der Waals surface area contributed by atoms with Crippen LogP contribution in [0.5, 0.6) is 0 Å². The lowest BCUT2D eigenvalue weighted by Gasteiger charge is -2.34.